The van der Waals surface area contributed by atoms with E-state index >= 15 is 0 Å². The first kappa shape index (κ1) is 21.8. The predicted octanol–water partition coefficient (Wildman–Crippen LogP) is 2.81. The monoisotopic (exact) mass is 427 g/mol. The molecule has 1 atom stereocenters. The van der Waals surface area contributed by atoms with E-state index in [1.807, 2.05) is 0 Å². The van der Waals surface area contributed by atoms with Crippen LogP contribution in [0.25, 0.3) is 0 Å². The summed E-state index contributed by atoms with van der Waals surface area (Å²) in [4.78, 5) is 22.5. The number of nitrogens with zero attached hydrogens (tertiary/aromatic N) is 1. The van der Waals surface area contributed by atoms with Crippen molar-refractivity contribution in [2.45, 2.75) is 17.9 Å². The van der Waals surface area contributed by atoms with Gasteiger partial charge >= 0.3 is 0 Å². The summed E-state index contributed by atoms with van der Waals surface area (Å²) in [7, 11) is -2.26. The third-order valence-corrected chi connectivity index (χ3v) is 5.53. The molecule has 1 unspecified atom stereocenters. The van der Waals surface area contributed by atoms with Gasteiger partial charge in [0.2, 0.25) is 10.0 Å². The fraction of sp³-hybridized carbons (Fsp3) is 0.235. The lowest BCUT2D eigenvalue weighted by atomic mass is 10.2. The maximum atomic E-state index is 12.3. The van der Waals surface area contributed by atoms with E-state index in [1.165, 1.54) is 43.5 Å². The molecule has 28 heavy (non-hydrogen) atoms. The van der Waals surface area contributed by atoms with Crippen molar-refractivity contribution < 1.29 is 22.9 Å². The maximum Gasteiger partial charge on any atom is 0.288 e. The number of carbonyl (C=O) groups is 1. The molecule has 2 rings (SSSR count). The van der Waals surface area contributed by atoms with E-state index in [0.29, 0.717) is 5.69 Å². The SMILES string of the molecule is COCC(C)NS(=O)(=O)c1ccc(NC(=O)c2ccc(Cl)c([N+](=O)[O-])c2)cc1. The lowest BCUT2D eigenvalue weighted by molar-refractivity contribution is -0.384. The molecular weight excluding hydrogens is 410 g/mol. The van der Waals surface area contributed by atoms with Crippen LogP contribution in [-0.2, 0) is 14.8 Å². The molecular formula is C17H18ClN3O6S. The smallest absolute Gasteiger partial charge is 0.288 e. The van der Waals surface area contributed by atoms with Gasteiger partial charge in [-0.25, -0.2) is 13.1 Å². The summed E-state index contributed by atoms with van der Waals surface area (Å²) in [5.74, 6) is -0.595. The Morgan fingerprint density at radius 2 is 1.89 bits per heavy atom. The van der Waals surface area contributed by atoms with Gasteiger partial charge in [0, 0.05) is 30.5 Å². The van der Waals surface area contributed by atoms with Gasteiger partial charge in [-0.1, -0.05) is 11.6 Å². The number of ether oxygens (including phenoxy) is 1. The third kappa shape index (κ3) is 5.49. The number of nitrogens with one attached hydrogen (secondary N) is 2. The Bertz CT molecular complexity index is 979. The van der Waals surface area contributed by atoms with Crippen molar-refractivity contribution in [2.24, 2.45) is 0 Å². The van der Waals surface area contributed by atoms with Gasteiger partial charge in [0.25, 0.3) is 11.6 Å². The average molecular weight is 428 g/mol. The van der Waals surface area contributed by atoms with Gasteiger partial charge in [0.1, 0.15) is 5.02 Å². The molecule has 0 fully saturated rings. The van der Waals surface area contributed by atoms with Gasteiger partial charge < -0.3 is 10.1 Å². The van der Waals surface area contributed by atoms with Crippen molar-refractivity contribution in [1.29, 1.82) is 0 Å². The normalized spacial score (nSPS) is 12.4. The average Bonchev–Trinajstić information content (AvgIpc) is 2.62. The number of methoxy groups -OCH3 is 1. The van der Waals surface area contributed by atoms with Crippen LogP contribution < -0.4 is 10.0 Å². The number of rotatable bonds is 8. The molecule has 0 saturated heterocycles. The Labute approximate surface area is 166 Å². The Morgan fingerprint density at radius 1 is 1.25 bits per heavy atom. The van der Waals surface area contributed by atoms with Crippen LogP contribution in [0.5, 0.6) is 0 Å². The second-order valence-electron chi connectivity index (χ2n) is 5.88. The summed E-state index contributed by atoms with van der Waals surface area (Å²) in [6, 6.07) is 8.77. The first-order valence-electron chi connectivity index (χ1n) is 8.00. The number of benzene rings is 2. The van der Waals surface area contributed by atoms with E-state index in [-0.39, 0.29) is 27.8 Å². The quantitative estimate of drug-likeness (QED) is 0.492. The number of anilines is 1. The van der Waals surface area contributed by atoms with Crippen LogP contribution in [0.15, 0.2) is 47.4 Å². The van der Waals surface area contributed by atoms with Crippen LogP contribution >= 0.6 is 11.6 Å². The first-order valence-corrected chi connectivity index (χ1v) is 9.87. The summed E-state index contributed by atoms with van der Waals surface area (Å²) in [5.41, 5.74) is -0.0126. The molecule has 0 saturated carbocycles. The van der Waals surface area contributed by atoms with Gasteiger partial charge in [0.05, 0.1) is 16.4 Å². The van der Waals surface area contributed by atoms with Crippen LogP contribution in [0, 0.1) is 10.1 Å². The van der Waals surface area contributed by atoms with Crippen LogP contribution in [0.1, 0.15) is 17.3 Å². The van der Waals surface area contributed by atoms with Crippen LogP contribution in [0.3, 0.4) is 0 Å². The van der Waals surface area contributed by atoms with E-state index in [2.05, 4.69) is 10.0 Å². The summed E-state index contributed by atoms with van der Waals surface area (Å²) in [6.07, 6.45) is 0. The third-order valence-electron chi connectivity index (χ3n) is 3.60. The van der Waals surface area contributed by atoms with Gasteiger partial charge in [-0.05, 0) is 43.3 Å². The maximum absolute atomic E-state index is 12.3. The molecule has 0 aliphatic carbocycles. The Kier molecular flexibility index (Phi) is 7.08. The first-order chi connectivity index (χ1) is 13.1. The Hall–Kier alpha value is -2.53. The minimum Gasteiger partial charge on any atom is -0.383 e. The molecule has 0 radical (unpaired) electrons. The largest absolute Gasteiger partial charge is 0.383 e. The number of nitro groups is 1. The number of carbonyl (C=O) groups excluding carboxylic acids is 1. The van der Waals surface area contributed by atoms with Crippen molar-refractivity contribution in [3.05, 3.63) is 63.2 Å². The highest BCUT2D eigenvalue weighted by atomic mass is 35.5. The second-order valence-corrected chi connectivity index (χ2v) is 8.00. The number of nitro benzene ring substituents is 1. The van der Waals surface area contributed by atoms with Crippen molar-refractivity contribution in [1.82, 2.24) is 4.72 Å². The number of halogens is 1. The molecule has 1 amide bonds. The highest BCUT2D eigenvalue weighted by Crippen LogP contribution is 2.25. The molecule has 0 aliphatic rings. The zero-order valence-corrected chi connectivity index (χ0v) is 16.6. The van der Waals surface area contributed by atoms with Gasteiger partial charge in [0.15, 0.2) is 0 Å². The van der Waals surface area contributed by atoms with Crippen molar-refractivity contribution >= 4 is 38.9 Å². The molecule has 0 aliphatic heterocycles. The minimum absolute atomic E-state index is 0.0237. The molecule has 2 aromatic rings. The molecule has 2 aromatic carbocycles. The summed E-state index contributed by atoms with van der Waals surface area (Å²) in [5, 5.41) is 13.4. The van der Waals surface area contributed by atoms with Crippen LogP contribution in [0.2, 0.25) is 5.02 Å². The van der Waals surface area contributed by atoms with E-state index in [9.17, 15) is 23.3 Å². The lowest BCUT2D eigenvalue weighted by Gasteiger charge is -2.13. The molecule has 0 bridgehead atoms. The van der Waals surface area contributed by atoms with Gasteiger partial charge in [-0.3, -0.25) is 14.9 Å². The van der Waals surface area contributed by atoms with Gasteiger partial charge in [-0.15, -0.1) is 0 Å². The molecule has 150 valence electrons. The summed E-state index contributed by atoms with van der Waals surface area (Å²) < 4.78 is 31.9. The number of hydrogen-bond acceptors (Lipinski definition) is 6. The lowest BCUT2D eigenvalue weighted by Crippen LogP contribution is -2.35. The van der Waals surface area contributed by atoms with Crippen molar-refractivity contribution in [3.63, 3.8) is 0 Å². The number of sulfonamides is 1. The van der Waals surface area contributed by atoms with E-state index in [4.69, 9.17) is 16.3 Å². The Morgan fingerprint density at radius 3 is 2.46 bits per heavy atom. The zero-order chi connectivity index (χ0) is 20.9. The van der Waals surface area contributed by atoms with E-state index in [1.54, 1.807) is 6.92 Å². The minimum atomic E-state index is -3.73. The summed E-state index contributed by atoms with van der Waals surface area (Å²) in [6.45, 7) is 1.89. The van der Waals surface area contributed by atoms with Crippen molar-refractivity contribution in [3.8, 4) is 0 Å². The molecule has 9 nitrogen and oxygen atoms in total. The van der Waals surface area contributed by atoms with E-state index < -0.39 is 26.9 Å². The van der Waals surface area contributed by atoms with E-state index in [0.717, 1.165) is 6.07 Å². The standard InChI is InChI=1S/C17H18ClN3O6S/c1-11(10-27-2)20-28(25,26)14-6-4-13(5-7-14)19-17(22)12-3-8-15(18)16(9-12)21(23)24/h3-9,11,20H,10H2,1-2H3,(H,19,22). The number of hydrogen-bond donors (Lipinski definition) is 2. The zero-order valence-electron chi connectivity index (χ0n) is 15.0. The Balaban J connectivity index is 2.13. The molecule has 2 N–H and O–H groups in total. The highest BCUT2D eigenvalue weighted by Gasteiger charge is 2.18. The van der Waals surface area contributed by atoms with Crippen LogP contribution in [-0.4, -0.2) is 39.0 Å². The number of amides is 1. The fourth-order valence-corrected chi connectivity index (χ4v) is 3.75. The molecule has 11 heteroatoms. The molecule has 0 heterocycles. The van der Waals surface area contributed by atoms with Crippen molar-refractivity contribution in [2.75, 3.05) is 19.0 Å². The molecule has 0 spiro atoms. The fourth-order valence-electron chi connectivity index (χ4n) is 2.33. The second kappa shape index (κ2) is 9.11. The topological polar surface area (TPSA) is 128 Å². The summed E-state index contributed by atoms with van der Waals surface area (Å²) >= 11 is 5.73. The van der Waals surface area contributed by atoms with Crippen LogP contribution in [0.4, 0.5) is 11.4 Å². The molecule has 0 aromatic heterocycles. The highest BCUT2D eigenvalue weighted by molar-refractivity contribution is 7.89. The predicted molar refractivity (Wildman–Crippen MR) is 104 cm³/mol. The van der Waals surface area contributed by atoms with Gasteiger partial charge in [-0.2, -0.15) is 0 Å².